The van der Waals surface area contributed by atoms with E-state index in [1.54, 1.807) is 18.4 Å². The SMILES string of the molecule is COc1ccc(Nc2nc(C3=CC4=C(CC3)OCO4)cs2)cc1. The molecule has 2 aromatic rings. The second-order valence-electron chi connectivity index (χ2n) is 5.25. The Morgan fingerprint density at radius 3 is 2.87 bits per heavy atom. The molecule has 1 N–H and O–H groups in total. The first-order chi connectivity index (χ1) is 11.3. The van der Waals surface area contributed by atoms with Crippen LogP contribution in [0.4, 0.5) is 10.8 Å². The van der Waals surface area contributed by atoms with Gasteiger partial charge in [0.2, 0.25) is 6.79 Å². The number of hydrogen-bond acceptors (Lipinski definition) is 6. The highest BCUT2D eigenvalue weighted by molar-refractivity contribution is 7.13. The lowest BCUT2D eigenvalue weighted by Crippen LogP contribution is -1.97. The van der Waals surface area contributed by atoms with Crippen molar-refractivity contribution in [2.45, 2.75) is 12.8 Å². The van der Waals surface area contributed by atoms with Crippen molar-refractivity contribution >= 4 is 27.7 Å². The third-order valence-electron chi connectivity index (χ3n) is 3.82. The highest BCUT2D eigenvalue weighted by atomic mass is 32.1. The normalized spacial score (nSPS) is 16.3. The molecular weight excluding hydrogens is 312 g/mol. The number of thiazole rings is 1. The lowest BCUT2D eigenvalue weighted by molar-refractivity contribution is 0.0729. The number of aromatic nitrogens is 1. The summed E-state index contributed by atoms with van der Waals surface area (Å²) in [5.74, 6) is 2.65. The molecule has 0 unspecified atom stereocenters. The average molecular weight is 328 g/mol. The Morgan fingerprint density at radius 1 is 1.17 bits per heavy atom. The molecule has 0 radical (unpaired) electrons. The fourth-order valence-electron chi connectivity index (χ4n) is 2.59. The molecule has 0 bridgehead atoms. The van der Waals surface area contributed by atoms with Gasteiger partial charge in [0.05, 0.1) is 12.8 Å². The van der Waals surface area contributed by atoms with Crippen molar-refractivity contribution < 1.29 is 14.2 Å². The van der Waals surface area contributed by atoms with E-state index in [9.17, 15) is 0 Å². The van der Waals surface area contributed by atoms with Gasteiger partial charge in [-0.15, -0.1) is 11.3 Å². The fourth-order valence-corrected chi connectivity index (χ4v) is 3.35. The molecular formula is C17H16N2O3S. The monoisotopic (exact) mass is 328 g/mol. The second kappa shape index (κ2) is 5.96. The summed E-state index contributed by atoms with van der Waals surface area (Å²) in [6.45, 7) is 0.329. The van der Waals surface area contributed by atoms with Gasteiger partial charge in [0, 0.05) is 17.5 Å². The molecule has 1 aromatic heterocycles. The molecule has 6 heteroatoms. The van der Waals surface area contributed by atoms with Gasteiger partial charge in [-0.05, 0) is 42.3 Å². The van der Waals surface area contributed by atoms with Crippen LogP contribution in [0.15, 0.2) is 47.2 Å². The van der Waals surface area contributed by atoms with Crippen LogP contribution < -0.4 is 10.1 Å². The quantitative estimate of drug-likeness (QED) is 0.907. The molecule has 0 atom stereocenters. The van der Waals surface area contributed by atoms with E-state index in [2.05, 4.69) is 15.7 Å². The van der Waals surface area contributed by atoms with Crippen LogP contribution in [0.1, 0.15) is 18.5 Å². The van der Waals surface area contributed by atoms with E-state index in [4.69, 9.17) is 14.2 Å². The zero-order chi connectivity index (χ0) is 15.6. The first-order valence-electron chi connectivity index (χ1n) is 7.38. The number of anilines is 2. The van der Waals surface area contributed by atoms with Crippen LogP contribution in [0.5, 0.6) is 5.75 Å². The zero-order valence-electron chi connectivity index (χ0n) is 12.7. The van der Waals surface area contributed by atoms with Crippen LogP contribution in [0.3, 0.4) is 0 Å². The van der Waals surface area contributed by atoms with Gasteiger partial charge in [-0.3, -0.25) is 0 Å². The molecule has 1 aliphatic carbocycles. The maximum absolute atomic E-state index is 5.46. The summed E-state index contributed by atoms with van der Waals surface area (Å²) < 4.78 is 16.0. The summed E-state index contributed by atoms with van der Waals surface area (Å²) >= 11 is 1.59. The molecule has 0 saturated heterocycles. The fraction of sp³-hybridized carbons (Fsp3) is 0.235. The van der Waals surface area contributed by atoms with E-state index in [0.29, 0.717) is 6.79 Å². The van der Waals surface area contributed by atoms with Crippen LogP contribution in [0, 0.1) is 0 Å². The highest BCUT2D eigenvalue weighted by Gasteiger charge is 2.22. The Hall–Kier alpha value is -2.47. The van der Waals surface area contributed by atoms with E-state index >= 15 is 0 Å². The zero-order valence-corrected chi connectivity index (χ0v) is 13.5. The molecule has 1 aromatic carbocycles. The largest absolute Gasteiger partial charge is 0.497 e. The summed E-state index contributed by atoms with van der Waals surface area (Å²) in [4.78, 5) is 4.67. The van der Waals surface area contributed by atoms with Crippen LogP contribution >= 0.6 is 11.3 Å². The van der Waals surface area contributed by atoms with Gasteiger partial charge < -0.3 is 19.5 Å². The van der Waals surface area contributed by atoms with Gasteiger partial charge in [-0.2, -0.15) is 0 Å². The van der Waals surface area contributed by atoms with E-state index in [0.717, 1.165) is 46.6 Å². The third-order valence-corrected chi connectivity index (χ3v) is 4.58. The topological polar surface area (TPSA) is 52.6 Å². The predicted molar refractivity (Wildman–Crippen MR) is 89.7 cm³/mol. The molecule has 118 valence electrons. The Balaban J connectivity index is 1.50. The van der Waals surface area contributed by atoms with E-state index in [1.165, 1.54) is 5.57 Å². The number of hydrogen-bond donors (Lipinski definition) is 1. The minimum absolute atomic E-state index is 0.329. The van der Waals surface area contributed by atoms with E-state index < -0.39 is 0 Å². The Labute approximate surface area is 138 Å². The summed E-state index contributed by atoms with van der Waals surface area (Å²) in [6, 6.07) is 7.79. The molecule has 0 fully saturated rings. The Morgan fingerprint density at radius 2 is 2.04 bits per heavy atom. The van der Waals surface area contributed by atoms with Crippen LogP contribution in [0.2, 0.25) is 0 Å². The Bertz CT molecular complexity index is 777. The Kier molecular flexibility index (Phi) is 3.67. The number of nitrogens with zero attached hydrogens (tertiary/aromatic N) is 1. The lowest BCUT2D eigenvalue weighted by atomic mass is 10.0. The molecule has 2 heterocycles. The smallest absolute Gasteiger partial charge is 0.230 e. The van der Waals surface area contributed by atoms with E-state index in [-0.39, 0.29) is 0 Å². The van der Waals surface area contributed by atoms with Crippen molar-refractivity contribution in [2.75, 3.05) is 19.2 Å². The molecule has 2 aliphatic rings. The number of allylic oxidation sites excluding steroid dienone is 3. The summed E-state index contributed by atoms with van der Waals surface area (Å²) in [5, 5.41) is 6.26. The van der Waals surface area contributed by atoms with Gasteiger partial charge in [0.15, 0.2) is 10.9 Å². The van der Waals surface area contributed by atoms with Gasteiger partial charge >= 0.3 is 0 Å². The predicted octanol–water partition coefficient (Wildman–Crippen LogP) is 4.29. The maximum atomic E-state index is 5.46. The summed E-state index contributed by atoms with van der Waals surface area (Å²) in [7, 11) is 1.66. The maximum Gasteiger partial charge on any atom is 0.230 e. The van der Waals surface area contributed by atoms with Gasteiger partial charge in [0.25, 0.3) is 0 Å². The average Bonchev–Trinajstić information content (AvgIpc) is 3.23. The molecule has 0 saturated carbocycles. The van der Waals surface area contributed by atoms with Crippen molar-refractivity contribution in [1.29, 1.82) is 0 Å². The summed E-state index contributed by atoms with van der Waals surface area (Å²) in [5.41, 5.74) is 3.17. The number of rotatable bonds is 4. The van der Waals surface area contributed by atoms with Crippen molar-refractivity contribution in [2.24, 2.45) is 0 Å². The second-order valence-corrected chi connectivity index (χ2v) is 6.11. The molecule has 0 amide bonds. The third kappa shape index (κ3) is 2.90. The number of nitrogens with one attached hydrogen (secondary N) is 1. The van der Waals surface area contributed by atoms with Gasteiger partial charge in [-0.25, -0.2) is 4.98 Å². The minimum atomic E-state index is 0.329. The van der Waals surface area contributed by atoms with Crippen LogP contribution in [-0.4, -0.2) is 18.9 Å². The standard InChI is InChI=1S/C17H16N2O3S/c1-20-13-5-3-12(4-6-13)18-17-19-14(9-23-17)11-2-7-15-16(8-11)22-10-21-15/h3-6,8-9H,2,7,10H2,1H3,(H,18,19). The van der Waals surface area contributed by atoms with Crippen LogP contribution in [-0.2, 0) is 9.47 Å². The molecule has 5 nitrogen and oxygen atoms in total. The van der Waals surface area contributed by atoms with Crippen molar-refractivity contribution in [3.8, 4) is 5.75 Å². The lowest BCUT2D eigenvalue weighted by Gasteiger charge is -2.10. The van der Waals surface area contributed by atoms with Crippen LogP contribution in [0.25, 0.3) is 5.57 Å². The number of benzene rings is 1. The molecule has 0 spiro atoms. The van der Waals surface area contributed by atoms with Crippen molar-refractivity contribution in [3.63, 3.8) is 0 Å². The van der Waals surface area contributed by atoms with Gasteiger partial charge in [0.1, 0.15) is 11.5 Å². The van der Waals surface area contributed by atoms with Crippen molar-refractivity contribution in [1.82, 2.24) is 4.98 Å². The highest BCUT2D eigenvalue weighted by Crippen LogP contribution is 2.35. The number of methoxy groups -OCH3 is 1. The minimum Gasteiger partial charge on any atom is -0.497 e. The first-order valence-corrected chi connectivity index (χ1v) is 8.26. The molecule has 1 aliphatic heterocycles. The first kappa shape index (κ1) is 14.1. The van der Waals surface area contributed by atoms with E-state index in [1.807, 2.05) is 30.3 Å². The summed E-state index contributed by atoms with van der Waals surface area (Å²) in [6.07, 6.45) is 3.84. The molecule has 23 heavy (non-hydrogen) atoms. The molecule has 4 rings (SSSR count). The van der Waals surface area contributed by atoms with Gasteiger partial charge in [-0.1, -0.05) is 0 Å². The van der Waals surface area contributed by atoms with Crippen molar-refractivity contribution in [3.05, 3.63) is 52.9 Å². The number of ether oxygens (including phenoxy) is 3.